The van der Waals surface area contributed by atoms with Gasteiger partial charge in [-0.15, -0.1) is 11.3 Å². The molecule has 3 rings (SSSR count). The molecular weight excluding hydrogens is 286 g/mol. The number of likely N-dealkylation sites (N-methyl/N-ethyl adjacent to an activating group) is 1. The lowest BCUT2D eigenvalue weighted by molar-refractivity contribution is -0.148. The normalized spacial score (nSPS) is 25.3. The van der Waals surface area contributed by atoms with Crippen LogP contribution in [0.25, 0.3) is 0 Å². The second-order valence-corrected chi connectivity index (χ2v) is 7.24. The summed E-state index contributed by atoms with van der Waals surface area (Å²) in [5.74, 6) is 0.108. The number of aromatic nitrogens is 1. The Labute approximate surface area is 129 Å². The maximum atomic E-state index is 12.0. The van der Waals surface area contributed by atoms with Crippen molar-refractivity contribution in [2.24, 2.45) is 0 Å². The van der Waals surface area contributed by atoms with Crippen molar-refractivity contribution in [1.29, 1.82) is 0 Å². The van der Waals surface area contributed by atoms with Crippen LogP contribution < -0.4 is 0 Å². The molecule has 116 valence electrons. The van der Waals surface area contributed by atoms with E-state index in [0.717, 1.165) is 45.3 Å². The van der Waals surface area contributed by atoms with Crippen molar-refractivity contribution < 1.29 is 9.53 Å². The maximum absolute atomic E-state index is 12.0. The number of amides is 1. The number of thiazole rings is 1. The van der Waals surface area contributed by atoms with Gasteiger partial charge in [0.05, 0.1) is 12.1 Å². The van der Waals surface area contributed by atoms with Crippen LogP contribution >= 0.6 is 11.3 Å². The largest absolute Gasteiger partial charge is 0.362 e. The molecule has 2 fully saturated rings. The van der Waals surface area contributed by atoms with Crippen LogP contribution in [0.3, 0.4) is 0 Å². The summed E-state index contributed by atoms with van der Waals surface area (Å²) in [7, 11) is 3.60. The van der Waals surface area contributed by atoms with Gasteiger partial charge in [0.2, 0.25) is 0 Å². The monoisotopic (exact) mass is 309 g/mol. The Bertz CT molecular complexity index is 481. The van der Waals surface area contributed by atoms with Crippen LogP contribution in [-0.4, -0.2) is 59.6 Å². The van der Waals surface area contributed by atoms with E-state index in [2.05, 4.69) is 9.88 Å². The van der Waals surface area contributed by atoms with Gasteiger partial charge in [0.15, 0.2) is 0 Å². The minimum atomic E-state index is -0.231. The molecule has 5 nitrogen and oxygen atoms in total. The van der Waals surface area contributed by atoms with Gasteiger partial charge in [-0.1, -0.05) is 0 Å². The third-order valence-corrected chi connectivity index (χ3v) is 5.34. The molecule has 0 unspecified atom stereocenters. The van der Waals surface area contributed by atoms with Crippen LogP contribution in [0, 0.1) is 0 Å². The number of carbonyl (C=O) groups is 1. The lowest BCUT2D eigenvalue weighted by Crippen LogP contribution is -2.45. The third-order valence-electron chi connectivity index (χ3n) is 4.58. The number of carbonyl (C=O) groups excluding carboxylic acids is 1. The van der Waals surface area contributed by atoms with Crippen molar-refractivity contribution in [3.8, 4) is 0 Å². The summed E-state index contributed by atoms with van der Waals surface area (Å²) >= 11 is 1.71. The molecule has 2 saturated heterocycles. The first-order chi connectivity index (χ1) is 10.1. The molecule has 6 heteroatoms. The summed E-state index contributed by atoms with van der Waals surface area (Å²) in [6, 6.07) is 0. The van der Waals surface area contributed by atoms with Gasteiger partial charge in [-0.05, 0) is 25.7 Å². The fourth-order valence-corrected chi connectivity index (χ4v) is 3.94. The molecule has 1 aromatic heterocycles. The van der Waals surface area contributed by atoms with Crippen molar-refractivity contribution in [2.75, 3.05) is 27.2 Å². The number of hydrogen-bond donors (Lipinski definition) is 0. The molecule has 0 saturated carbocycles. The number of piperidine rings is 1. The van der Waals surface area contributed by atoms with Crippen molar-refractivity contribution >= 4 is 17.2 Å². The van der Waals surface area contributed by atoms with Gasteiger partial charge in [-0.2, -0.15) is 0 Å². The minimum Gasteiger partial charge on any atom is -0.362 e. The Morgan fingerprint density at radius 3 is 2.86 bits per heavy atom. The number of hydrogen-bond acceptors (Lipinski definition) is 5. The van der Waals surface area contributed by atoms with E-state index in [1.807, 2.05) is 11.6 Å². The summed E-state index contributed by atoms with van der Waals surface area (Å²) in [6.07, 6.45) is 5.56. The zero-order valence-electron chi connectivity index (χ0n) is 12.7. The third kappa shape index (κ3) is 3.27. The highest BCUT2D eigenvalue weighted by atomic mass is 32.1. The molecule has 0 aliphatic carbocycles. The topological polar surface area (TPSA) is 45.7 Å². The highest BCUT2D eigenvalue weighted by Crippen LogP contribution is 2.39. The van der Waals surface area contributed by atoms with E-state index in [1.54, 1.807) is 30.3 Å². The first kappa shape index (κ1) is 14.9. The van der Waals surface area contributed by atoms with Crippen molar-refractivity contribution in [3.05, 3.63) is 16.6 Å². The fourth-order valence-electron chi connectivity index (χ4n) is 3.28. The average Bonchev–Trinajstić information content (AvgIpc) is 3.11. The lowest BCUT2D eigenvalue weighted by Gasteiger charge is -2.38. The first-order valence-corrected chi connectivity index (χ1v) is 8.46. The van der Waals surface area contributed by atoms with E-state index in [4.69, 9.17) is 4.74 Å². The Morgan fingerprint density at radius 2 is 2.24 bits per heavy atom. The molecule has 2 aliphatic rings. The molecule has 1 amide bonds. The predicted molar refractivity (Wildman–Crippen MR) is 82.2 cm³/mol. The number of ether oxygens (including phenoxy) is 1. The average molecular weight is 309 g/mol. The van der Waals surface area contributed by atoms with E-state index in [1.165, 1.54) is 5.01 Å². The number of nitrogens with zero attached hydrogens (tertiary/aromatic N) is 3. The van der Waals surface area contributed by atoms with Gasteiger partial charge in [-0.3, -0.25) is 9.69 Å². The summed E-state index contributed by atoms with van der Waals surface area (Å²) in [5.41, 5.74) is -0.0598. The highest BCUT2D eigenvalue weighted by molar-refractivity contribution is 7.09. The first-order valence-electron chi connectivity index (χ1n) is 7.58. The molecule has 0 aromatic carbocycles. The Morgan fingerprint density at radius 1 is 1.48 bits per heavy atom. The number of rotatable bonds is 3. The molecule has 0 radical (unpaired) electrons. The fraction of sp³-hybridized carbons (Fsp3) is 0.733. The van der Waals surface area contributed by atoms with Crippen LogP contribution in [0.1, 0.15) is 30.7 Å². The molecule has 2 aliphatic heterocycles. The minimum absolute atomic E-state index is 0.0598. The SMILES string of the molecule is CN(C)C(=O)[C@@H]1CCC2(CCN(Cc3nccs3)CC2)O1. The molecule has 1 spiro atoms. The summed E-state index contributed by atoms with van der Waals surface area (Å²) in [4.78, 5) is 20.5. The zero-order chi connectivity index (χ0) is 14.9. The van der Waals surface area contributed by atoms with Crippen molar-refractivity contribution in [2.45, 2.75) is 43.9 Å². The van der Waals surface area contributed by atoms with E-state index in [0.29, 0.717) is 0 Å². The standard InChI is InChI=1S/C15H23N3O2S/c1-17(2)14(19)12-3-4-15(20-12)5-8-18(9-6-15)11-13-16-7-10-21-13/h7,10,12H,3-6,8-9,11H2,1-2H3/t12-/m0/s1. The van der Waals surface area contributed by atoms with Gasteiger partial charge >= 0.3 is 0 Å². The Hall–Kier alpha value is -0.980. The zero-order valence-corrected chi connectivity index (χ0v) is 13.6. The van der Waals surface area contributed by atoms with Gasteiger partial charge in [0.1, 0.15) is 11.1 Å². The maximum Gasteiger partial charge on any atom is 0.251 e. The van der Waals surface area contributed by atoms with Gasteiger partial charge in [0, 0.05) is 38.8 Å². The molecule has 0 N–H and O–H groups in total. The van der Waals surface area contributed by atoms with Gasteiger partial charge in [0.25, 0.3) is 5.91 Å². The molecule has 3 heterocycles. The van der Waals surface area contributed by atoms with Crippen LogP contribution in [0.4, 0.5) is 0 Å². The van der Waals surface area contributed by atoms with Gasteiger partial charge < -0.3 is 9.64 Å². The lowest BCUT2D eigenvalue weighted by atomic mass is 9.88. The Balaban J connectivity index is 1.52. The van der Waals surface area contributed by atoms with E-state index < -0.39 is 0 Å². The van der Waals surface area contributed by atoms with E-state index in [-0.39, 0.29) is 17.6 Å². The van der Waals surface area contributed by atoms with Crippen LogP contribution in [0.5, 0.6) is 0 Å². The molecule has 1 aromatic rings. The molecule has 21 heavy (non-hydrogen) atoms. The molecule has 1 atom stereocenters. The molecular formula is C15H23N3O2S. The second kappa shape index (κ2) is 6.02. The van der Waals surface area contributed by atoms with E-state index in [9.17, 15) is 4.79 Å². The van der Waals surface area contributed by atoms with Crippen LogP contribution in [0.15, 0.2) is 11.6 Å². The second-order valence-electron chi connectivity index (χ2n) is 6.26. The highest BCUT2D eigenvalue weighted by Gasteiger charge is 2.44. The Kier molecular flexibility index (Phi) is 4.28. The summed E-state index contributed by atoms with van der Waals surface area (Å²) in [5, 5.41) is 3.21. The van der Waals surface area contributed by atoms with Gasteiger partial charge in [-0.25, -0.2) is 4.98 Å². The summed E-state index contributed by atoms with van der Waals surface area (Å²) in [6.45, 7) is 3.00. The van der Waals surface area contributed by atoms with E-state index >= 15 is 0 Å². The quantitative estimate of drug-likeness (QED) is 0.853. The van der Waals surface area contributed by atoms with Crippen LogP contribution in [0.2, 0.25) is 0 Å². The smallest absolute Gasteiger partial charge is 0.251 e. The molecule has 0 bridgehead atoms. The van der Waals surface area contributed by atoms with Crippen LogP contribution in [-0.2, 0) is 16.1 Å². The summed E-state index contributed by atoms with van der Waals surface area (Å²) < 4.78 is 6.17. The van der Waals surface area contributed by atoms with Crippen molar-refractivity contribution in [3.63, 3.8) is 0 Å². The predicted octanol–water partition coefficient (Wildman–Crippen LogP) is 1.74. The number of likely N-dealkylation sites (tertiary alicyclic amines) is 1. The van der Waals surface area contributed by atoms with Crippen molar-refractivity contribution in [1.82, 2.24) is 14.8 Å².